The van der Waals surface area contributed by atoms with Gasteiger partial charge in [0.05, 0.1) is 0 Å². The van der Waals surface area contributed by atoms with E-state index in [1.807, 2.05) is 0 Å². The molecule has 14 heavy (non-hydrogen) atoms. The van der Waals surface area contributed by atoms with Gasteiger partial charge < -0.3 is 17.3 Å². The quantitative estimate of drug-likeness (QED) is 0.351. The zero-order valence-electron chi connectivity index (χ0n) is 8.27. The monoisotopic (exact) mass is 209 g/mol. The van der Waals surface area contributed by atoms with E-state index >= 15 is 0 Å². The summed E-state index contributed by atoms with van der Waals surface area (Å²) in [5.41, 5.74) is 2.60. The van der Waals surface area contributed by atoms with E-state index in [1.165, 1.54) is 11.4 Å². The van der Waals surface area contributed by atoms with Crippen LogP contribution >= 0.6 is 0 Å². The van der Waals surface area contributed by atoms with E-state index in [2.05, 4.69) is 43.7 Å². The highest BCUT2D eigenvalue weighted by Crippen LogP contribution is 2.06. The lowest BCUT2D eigenvalue weighted by Gasteiger charge is -1.94. The summed E-state index contributed by atoms with van der Waals surface area (Å²) in [6, 6.07) is 6.28. The molecule has 0 fully saturated rings. The molecule has 6 heteroatoms. The fraction of sp³-hybridized carbons (Fsp3) is 0.375. The summed E-state index contributed by atoms with van der Waals surface area (Å²) in [5.74, 6) is 0. The average Bonchev–Trinajstić information content (AvgIpc) is 1.97. The molecule has 1 aromatic rings. The van der Waals surface area contributed by atoms with Crippen molar-refractivity contribution in [3.05, 3.63) is 29.6 Å². The summed E-state index contributed by atoms with van der Waals surface area (Å²) in [7, 11) is -3.93. The number of halogens is 4. The second-order valence-electron chi connectivity index (χ2n) is 2.86. The Morgan fingerprint density at radius 2 is 1.29 bits per heavy atom. The smallest absolute Gasteiger partial charge is 0.418 e. The molecule has 1 nitrogen and oxygen atoms in total. The predicted octanol–water partition coefficient (Wildman–Crippen LogP) is 2.43. The van der Waals surface area contributed by atoms with Crippen LogP contribution in [-0.4, -0.2) is 7.25 Å². The van der Waals surface area contributed by atoms with Gasteiger partial charge in [-0.25, -0.2) is 4.57 Å². The second-order valence-corrected chi connectivity index (χ2v) is 2.86. The van der Waals surface area contributed by atoms with Gasteiger partial charge in [0.15, 0.2) is 11.4 Å². The van der Waals surface area contributed by atoms with Crippen molar-refractivity contribution in [3.8, 4) is 0 Å². The van der Waals surface area contributed by atoms with Crippen LogP contribution in [0.2, 0.25) is 0 Å². The minimum absolute atomic E-state index is 1.30. The zero-order chi connectivity index (χ0) is 11.4. The first-order valence-electron chi connectivity index (χ1n) is 4.01. The summed E-state index contributed by atoms with van der Waals surface area (Å²) in [6.45, 7) is 4.21. The first-order valence-corrected chi connectivity index (χ1v) is 4.01. The van der Waals surface area contributed by atoms with Gasteiger partial charge in [-0.1, -0.05) is 0 Å². The molecular weight excluding hydrogens is 197 g/mol. The van der Waals surface area contributed by atoms with Gasteiger partial charge in [-0.3, -0.25) is 0 Å². The highest BCUT2D eigenvalue weighted by Gasteiger charge is 2.20. The molecule has 1 heterocycles. The number of nitrogens with zero attached hydrogens (tertiary/aromatic N) is 1. The molecule has 1 rings (SSSR count). The van der Waals surface area contributed by atoms with E-state index in [1.54, 1.807) is 0 Å². The summed E-state index contributed by atoms with van der Waals surface area (Å²) in [5, 5.41) is 0. The van der Waals surface area contributed by atoms with E-state index in [0.717, 1.165) is 0 Å². The predicted molar refractivity (Wildman–Crippen MR) is 47.3 cm³/mol. The Labute approximate surface area is 80.5 Å². The summed E-state index contributed by atoms with van der Waals surface area (Å²) in [6.07, 6.45) is 0. The molecule has 0 bridgehead atoms. The minimum atomic E-state index is -6.00. The lowest BCUT2D eigenvalue weighted by molar-refractivity contribution is -0.683. The van der Waals surface area contributed by atoms with Gasteiger partial charge in [-0.15, -0.1) is 0 Å². The highest BCUT2D eigenvalue weighted by atomic mass is 19.5. The molecule has 0 amide bonds. The van der Waals surface area contributed by atoms with Gasteiger partial charge in [0.2, 0.25) is 0 Å². The van der Waals surface area contributed by atoms with Gasteiger partial charge in [0, 0.05) is 26.0 Å². The van der Waals surface area contributed by atoms with Crippen molar-refractivity contribution in [1.29, 1.82) is 0 Å². The van der Waals surface area contributed by atoms with E-state index in [0.29, 0.717) is 0 Å². The molecule has 0 atom stereocenters. The van der Waals surface area contributed by atoms with E-state index in [4.69, 9.17) is 0 Å². The number of rotatable bonds is 0. The first-order chi connectivity index (χ1) is 6.22. The fourth-order valence-electron chi connectivity index (χ4n) is 0.828. The molecule has 80 valence electrons. The second kappa shape index (κ2) is 4.98. The van der Waals surface area contributed by atoms with Gasteiger partial charge in [-0.05, 0) is 6.07 Å². The minimum Gasteiger partial charge on any atom is -0.418 e. The van der Waals surface area contributed by atoms with Crippen LogP contribution in [0.4, 0.5) is 17.3 Å². The fourth-order valence-corrected chi connectivity index (χ4v) is 0.828. The average molecular weight is 209 g/mol. The summed E-state index contributed by atoms with van der Waals surface area (Å²) >= 11 is 0. The lowest BCUT2D eigenvalue weighted by atomic mass is 10.3. The van der Waals surface area contributed by atoms with E-state index < -0.39 is 7.25 Å². The topological polar surface area (TPSA) is 3.88 Å². The molecule has 0 aromatic carbocycles. The van der Waals surface area contributed by atoms with Crippen LogP contribution in [0.1, 0.15) is 11.4 Å². The molecule has 0 N–H and O–H groups in total. The Morgan fingerprint density at radius 3 is 1.50 bits per heavy atom. The highest BCUT2D eigenvalue weighted by molar-refractivity contribution is 6.50. The normalized spacial score (nSPS) is 10.5. The van der Waals surface area contributed by atoms with Crippen LogP contribution in [0.5, 0.6) is 0 Å². The van der Waals surface area contributed by atoms with Crippen molar-refractivity contribution in [2.75, 3.05) is 0 Å². The Morgan fingerprint density at radius 1 is 1.00 bits per heavy atom. The van der Waals surface area contributed by atoms with Crippen molar-refractivity contribution in [2.24, 2.45) is 7.05 Å². The first kappa shape index (κ1) is 12.9. The molecule has 0 aliphatic rings. The number of hydrogen-bond donors (Lipinski definition) is 0. The molecule has 0 unspecified atom stereocenters. The standard InChI is InChI=1S/C8H12N.BF4/c1-7-5-4-6-8(2)9(7)3;2-1(3,4)5/h4-6H,1-3H3;/q+1;-1. The van der Waals surface area contributed by atoms with Crippen LogP contribution in [-0.2, 0) is 7.05 Å². The van der Waals surface area contributed by atoms with Crippen molar-refractivity contribution < 1.29 is 21.8 Å². The maximum atomic E-state index is 9.75. The van der Waals surface area contributed by atoms with Gasteiger partial charge in [0.1, 0.15) is 7.05 Å². The van der Waals surface area contributed by atoms with E-state index in [9.17, 15) is 17.3 Å². The maximum Gasteiger partial charge on any atom is 0.673 e. The molecule has 1 aromatic heterocycles. The molecule has 0 radical (unpaired) electrons. The SMILES string of the molecule is Cc1cccc(C)[n+]1C.F[B-](F)(F)F. The molecule has 0 aliphatic carbocycles. The molecule has 0 saturated heterocycles. The Hall–Kier alpha value is -1.07. The molecular formula is C8H12BF4N. The van der Waals surface area contributed by atoms with Crippen LogP contribution in [0, 0.1) is 13.8 Å². The zero-order valence-corrected chi connectivity index (χ0v) is 8.27. The number of aromatic nitrogens is 1. The largest absolute Gasteiger partial charge is 0.673 e. The summed E-state index contributed by atoms with van der Waals surface area (Å²) < 4.78 is 41.2. The number of pyridine rings is 1. The Kier molecular flexibility index (Phi) is 4.60. The van der Waals surface area contributed by atoms with Crippen molar-refractivity contribution in [3.63, 3.8) is 0 Å². The van der Waals surface area contributed by atoms with Gasteiger partial charge in [-0.2, -0.15) is 0 Å². The van der Waals surface area contributed by atoms with Crippen LogP contribution in [0.3, 0.4) is 0 Å². The van der Waals surface area contributed by atoms with Gasteiger partial charge >= 0.3 is 7.25 Å². The molecule has 0 spiro atoms. The molecule has 0 saturated carbocycles. The van der Waals surface area contributed by atoms with Crippen LogP contribution in [0.15, 0.2) is 18.2 Å². The Balaban J connectivity index is 0.000000292. The number of hydrogen-bond acceptors (Lipinski definition) is 0. The van der Waals surface area contributed by atoms with Crippen molar-refractivity contribution >= 4 is 7.25 Å². The summed E-state index contributed by atoms with van der Waals surface area (Å²) in [4.78, 5) is 0. The maximum absolute atomic E-state index is 9.75. The molecule has 0 aliphatic heterocycles. The van der Waals surface area contributed by atoms with Crippen molar-refractivity contribution in [1.82, 2.24) is 0 Å². The third-order valence-corrected chi connectivity index (χ3v) is 1.73. The van der Waals surface area contributed by atoms with Gasteiger partial charge in [0.25, 0.3) is 0 Å². The third kappa shape index (κ3) is 6.45. The Bertz CT molecular complexity index is 272. The third-order valence-electron chi connectivity index (χ3n) is 1.73. The van der Waals surface area contributed by atoms with Crippen molar-refractivity contribution in [2.45, 2.75) is 13.8 Å². The number of aryl methyl sites for hydroxylation is 2. The van der Waals surface area contributed by atoms with Crippen LogP contribution < -0.4 is 4.57 Å². The van der Waals surface area contributed by atoms with Crippen LogP contribution in [0.25, 0.3) is 0 Å². The van der Waals surface area contributed by atoms with E-state index in [-0.39, 0.29) is 0 Å². The lowest BCUT2D eigenvalue weighted by Crippen LogP contribution is -2.34.